The highest BCUT2D eigenvalue weighted by Gasteiger charge is 2.33. The van der Waals surface area contributed by atoms with Gasteiger partial charge in [-0.3, -0.25) is 9.59 Å². The van der Waals surface area contributed by atoms with Gasteiger partial charge in [-0.2, -0.15) is 5.26 Å². The third kappa shape index (κ3) is 7.80. The SMILES string of the molecule is CCN(CC)CCCN(CC(=O)N(C1CCCCC1)C1CCCCC1)C(=O)c1ccc(C#N)cc1. The van der Waals surface area contributed by atoms with Crippen molar-refractivity contribution in [1.82, 2.24) is 14.7 Å². The zero-order chi connectivity index (χ0) is 25.0. The quantitative estimate of drug-likeness (QED) is 0.435. The fourth-order valence-electron chi connectivity index (χ4n) is 5.82. The molecule has 0 spiro atoms. The van der Waals surface area contributed by atoms with Gasteiger partial charge in [-0.25, -0.2) is 0 Å². The summed E-state index contributed by atoms with van der Waals surface area (Å²) in [7, 11) is 0. The summed E-state index contributed by atoms with van der Waals surface area (Å²) >= 11 is 0. The van der Waals surface area contributed by atoms with E-state index >= 15 is 0 Å². The minimum Gasteiger partial charge on any atom is -0.335 e. The lowest BCUT2D eigenvalue weighted by Gasteiger charge is -2.42. The molecule has 3 rings (SSSR count). The van der Waals surface area contributed by atoms with Gasteiger partial charge in [-0.15, -0.1) is 0 Å². The lowest BCUT2D eigenvalue weighted by Crippen LogP contribution is -2.53. The molecule has 6 nitrogen and oxygen atoms in total. The van der Waals surface area contributed by atoms with Crippen molar-refractivity contribution in [3.8, 4) is 6.07 Å². The number of carbonyl (C=O) groups excluding carboxylic acids is 2. The van der Waals surface area contributed by atoms with Crippen molar-refractivity contribution < 1.29 is 9.59 Å². The molecule has 0 heterocycles. The van der Waals surface area contributed by atoms with E-state index in [-0.39, 0.29) is 18.4 Å². The lowest BCUT2D eigenvalue weighted by atomic mass is 9.88. The van der Waals surface area contributed by atoms with Crippen LogP contribution >= 0.6 is 0 Å². The van der Waals surface area contributed by atoms with Gasteiger partial charge in [0.1, 0.15) is 6.54 Å². The summed E-state index contributed by atoms with van der Waals surface area (Å²) in [5, 5.41) is 9.12. The van der Waals surface area contributed by atoms with Crippen LogP contribution < -0.4 is 0 Å². The average molecular weight is 481 g/mol. The third-order valence-electron chi connectivity index (χ3n) is 7.90. The van der Waals surface area contributed by atoms with E-state index in [9.17, 15) is 9.59 Å². The summed E-state index contributed by atoms with van der Waals surface area (Å²) in [6, 6.07) is 9.54. The summed E-state index contributed by atoms with van der Waals surface area (Å²) in [4.78, 5) is 33.7. The van der Waals surface area contributed by atoms with E-state index in [2.05, 4.69) is 29.7 Å². The molecule has 0 saturated heterocycles. The molecule has 0 atom stereocenters. The maximum Gasteiger partial charge on any atom is 0.254 e. The Labute approximate surface area is 212 Å². The molecule has 1 aromatic rings. The van der Waals surface area contributed by atoms with Gasteiger partial charge in [0.05, 0.1) is 11.6 Å². The first-order valence-electron chi connectivity index (χ1n) is 13.9. The Balaban J connectivity index is 1.77. The number of benzene rings is 1. The Morgan fingerprint density at radius 2 is 1.40 bits per heavy atom. The van der Waals surface area contributed by atoms with Crippen molar-refractivity contribution in [2.24, 2.45) is 0 Å². The molecule has 0 unspecified atom stereocenters. The van der Waals surface area contributed by atoms with Gasteiger partial charge in [0.2, 0.25) is 5.91 Å². The van der Waals surface area contributed by atoms with Crippen molar-refractivity contribution in [2.75, 3.05) is 32.7 Å². The molecule has 192 valence electrons. The Bertz CT molecular complexity index is 813. The molecule has 35 heavy (non-hydrogen) atoms. The van der Waals surface area contributed by atoms with Crippen LogP contribution in [0.25, 0.3) is 0 Å². The highest BCUT2D eigenvalue weighted by Crippen LogP contribution is 2.30. The Morgan fingerprint density at radius 1 is 0.857 bits per heavy atom. The van der Waals surface area contributed by atoms with Crippen LogP contribution in [0.2, 0.25) is 0 Å². The number of rotatable bonds is 11. The van der Waals surface area contributed by atoms with Crippen LogP contribution in [0.1, 0.15) is 100 Å². The molecule has 2 aliphatic rings. The largest absolute Gasteiger partial charge is 0.335 e. The maximum absolute atomic E-state index is 13.9. The van der Waals surface area contributed by atoms with Gasteiger partial charge in [0.25, 0.3) is 5.91 Å². The standard InChI is InChI=1S/C29H44N4O2/c1-3-31(4-2)20-11-21-32(29(35)25-18-16-24(22-30)17-19-25)23-28(34)33(26-12-7-5-8-13-26)27-14-9-6-10-15-27/h16-19,26-27H,3-15,20-21,23H2,1-2H3. The Morgan fingerprint density at radius 3 is 1.89 bits per heavy atom. The van der Waals surface area contributed by atoms with E-state index in [0.29, 0.717) is 29.8 Å². The molecule has 0 N–H and O–H groups in total. The maximum atomic E-state index is 13.9. The highest BCUT2D eigenvalue weighted by atomic mass is 16.2. The van der Waals surface area contributed by atoms with Crippen molar-refractivity contribution in [3.05, 3.63) is 35.4 Å². The molecular formula is C29H44N4O2. The van der Waals surface area contributed by atoms with Gasteiger partial charge < -0.3 is 14.7 Å². The first kappa shape index (κ1) is 27.2. The van der Waals surface area contributed by atoms with Crippen LogP contribution in [0.3, 0.4) is 0 Å². The van der Waals surface area contributed by atoms with Crippen LogP contribution in [0.15, 0.2) is 24.3 Å². The summed E-state index contributed by atoms with van der Waals surface area (Å²) in [6.45, 7) is 7.88. The topological polar surface area (TPSA) is 67.7 Å². The van der Waals surface area contributed by atoms with Crippen LogP contribution in [0.4, 0.5) is 0 Å². The van der Waals surface area contributed by atoms with E-state index in [0.717, 1.165) is 51.7 Å². The molecule has 2 saturated carbocycles. The molecule has 0 bridgehead atoms. The van der Waals surface area contributed by atoms with E-state index in [4.69, 9.17) is 5.26 Å². The second-order valence-electron chi connectivity index (χ2n) is 10.2. The average Bonchev–Trinajstić information content (AvgIpc) is 2.91. The van der Waals surface area contributed by atoms with Gasteiger partial charge in [-0.05, 0) is 76.0 Å². The number of nitrogens with zero attached hydrogens (tertiary/aromatic N) is 4. The van der Waals surface area contributed by atoms with Crippen LogP contribution in [-0.2, 0) is 4.79 Å². The summed E-state index contributed by atoms with van der Waals surface area (Å²) < 4.78 is 0. The summed E-state index contributed by atoms with van der Waals surface area (Å²) in [6.07, 6.45) is 12.5. The fraction of sp³-hybridized carbons (Fsp3) is 0.690. The molecule has 0 aromatic heterocycles. The fourth-order valence-corrected chi connectivity index (χ4v) is 5.82. The number of hydrogen-bond acceptors (Lipinski definition) is 4. The van der Waals surface area contributed by atoms with E-state index in [1.807, 2.05) is 0 Å². The molecule has 1 aromatic carbocycles. The zero-order valence-electron chi connectivity index (χ0n) is 21.9. The minimum atomic E-state index is -0.116. The smallest absolute Gasteiger partial charge is 0.254 e. The second-order valence-corrected chi connectivity index (χ2v) is 10.2. The van der Waals surface area contributed by atoms with E-state index < -0.39 is 0 Å². The molecule has 0 radical (unpaired) electrons. The molecular weight excluding hydrogens is 436 g/mol. The zero-order valence-corrected chi connectivity index (χ0v) is 21.9. The molecule has 2 fully saturated rings. The van der Waals surface area contributed by atoms with Crippen molar-refractivity contribution in [1.29, 1.82) is 5.26 Å². The molecule has 2 amide bonds. The van der Waals surface area contributed by atoms with Crippen LogP contribution in [-0.4, -0.2) is 71.3 Å². The molecule has 2 aliphatic carbocycles. The van der Waals surface area contributed by atoms with Crippen molar-refractivity contribution in [2.45, 2.75) is 96.6 Å². The predicted molar refractivity (Wildman–Crippen MR) is 140 cm³/mol. The van der Waals surface area contributed by atoms with Crippen LogP contribution in [0.5, 0.6) is 0 Å². The number of nitriles is 1. The van der Waals surface area contributed by atoms with Crippen molar-refractivity contribution in [3.63, 3.8) is 0 Å². The number of hydrogen-bond donors (Lipinski definition) is 0. The van der Waals surface area contributed by atoms with Gasteiger partial charge in [-0.1, -0.05) is 52.4 Å². The summed E-state index contributed by atoms with van der Waals surface area (Å²) in [5.74, 6) is 0.00302. The normalized spacial score (nSPS) is 17.2. The first-order valence-corrected chi connectivity index (χ1v) is 13.9. The number of carbonyl (C=O) groups is 2. The Kier molecular flexibility index (Phi) is 11.1. The van der Waals surface area contributed by atoms with E-state index in [1.165, 1.54) is 38.5 Å². The van der Waals surface area contributed by atoms with Gasteiger partial charge in [0.15, 0.2) is 0 Å². The minimum absolute atomic E-state index is 0.116. The van der Waals surface area contributed by atoms with Crippen molar-refractivity contribution >= 4 is 11.8 Å². The lowest BCUT2D eigenvalue weighted by molar-refractivity contribution is -0.138. The second kappa shape index (κ2) is 14.2. The van der Waals surface area contributed by atoms with E-state index in [1.54, 1.807) is 29.2 Å². The molecule has 0 aliphatic heterocycles. The third-order valence-corrected chi connectivity index (χ3v) is 7.90. The summed E-state index contributed by atoms with van der Waals surface area (Å²) in [5.41, 5.74) is 1.08. The predicted octanol–water partition coefficient (Wildman–Crippen LogP) is 5.23. The van der Waals surface area contributed by atoms with Gasteiger partial charge in [0, 0.05) is 24.2 Å². The van der Waals surface area contributed by atoms with Gasteiger partial charge >= 0.3 is 0 Å². The Hall–Kier alpha value is -2.39. The van der Waals surface area contributed by atoms with Crippen LogP contribution in [0, 0.1) is 11.3 Å². The highest BCUT2D eigenvalue weighted by molar-refractivity contribution is 5.96. The monoisotopic (exact) mass is 480 g/mol. The molecule has 6 heteroatoms. The first-order chi connectivity index (χ1) is 17.1. The number of amides is 2.